The number of rotatable bonds is 5. The van der Waals surface area contributed by atoms with Gasteiger partial charge in [-0.2, -0.15) is 5.10 Å². The summed E-state index contributed by atoms with van der Waals surface area (Å²) in [6.07, 6.45) is 4.08. The summed E-state index contributed by atoms with van der Waals surface area (Å²) in [5.74, 6) is 0.667. The Morgan fingerprint density at radius 3 is 2.56 bits per heavy atom. The molecule has 1 aromatic heterocycles. The number of aryl methyl sites for hydroxylation is 1. The summed E-state index contributed by atoms with van der Waals surface area (Å²) in [5, 5.41) is 14.2. The van der Waals surface area contributed by atoms with Gasteiger partial charge in [0.25, 0.3) is 0 Å². The highest BCUT2D eigenvalue weighted by Gasteiger charge is 2.19. The number of aliphatic hydroxyl groups excluding tert-OH is 1. The first kappa shape index (κ1) is 13.6. The van der Waals surface area contributed by atoms with Gasteiger partial charge < -0.3 is 9.84 Å². The normalized spacial score (nSPS) is 17.3. The topological polar surface area (TPSA) is 47.3 Å². The van der Waals surface area contributed by atoms with Crippen LogP contribution in [-0.2, 0) is 30.7 Å². The second-order valence-electron chi connectivity index (χ2n) is 4.98. The Bertz CT molecular complexity index is 381. The molecular weight excluding hydrogens is 228 g/mol. The van der Waals surface area contributed by atoms with Crippen LogP contribution < -0.4 is 0 Å². The van der Waals surface area contributed by atoms with Crippen LogP contribution in [0, 0.1) is 5.92 Å². The van der Waals surface area contributed by atoms with Crippen molar-refractivity contribution in [1.29, 1.82) is 0 Å². The molecule has 1 aliphatic heterocycles. The maximum absolute atomic E-state index is 9.51. The van der Waals surface area contributed by atoms with Gasteiger partial charge in [0, 0.05) is 31.0 Å². The van der Waals surface area contributed by atoms with E-state index in [2.05, 4.69) is 23.6 Å². The van der Waals surface area contributed by atoms with Crippen LogP contribution in [0.15, 0.2) is 0 Å². The van der Waals surface area contributed by atoms with Crippen molar-refractivity contribution in [3.05, 3.63) is 17.0 Å². The van der Waals surface area contributed by atoms with E-state index in [1.54, 1.807) is 0 Å². The first-order valence-corrected chi connectivity index (χ1v) is 7.06. The van der Waals surface area contributed by atoms with Crippen LogP contribution in [0.1, 0.15) is 43.6 Å². The Labute approximate surface area is 109 Å². The van der Waals surface area contributed by atoms with Gasteiger partial charge in [-0.05, 0) is 31.6 Å². The van der Waals surface area contributed by atoms with Crippen molar-refractivity contribution in [2.75, 3.05) is 13.2 Å². The second-order valence-corrected chi connectivity index (χ2v) is 4.98. The van der Waals surface area contributed by atoms with Crippen LogP contribution in [0.4, 0.5) is 0 Å². The fraction of sp³-hybridized carbons (Fsp3) is 0.786. The van der Waals surface area contributed by atoms with Crippen LogP contribution in [-0.4, -0.2) is 28.1 Å². The monoisotopic (exact) mass is 252 g/mol. The minimum absolute atomic E-state index is 0.111. The smallest absolute Gasteiger partial charge is 0.0718 e. The van der Waals surface area contributed by atoms with Crippen molar-refractivity contribution in [3.63, 3.8) is 0 Å². The predicted molar refractivity (Wildman–Crippen MR) is 70.4 cm³/mol. The standard InChI is InChI=1S/C14H24N2O2/c1-3-13-12(10-17)14(4-2)16(15-13)9-11-5-7-18-8-6-11/h11,17H,3-10H2,1-2H3. The van der Waals surface area contributed by atoms with Crippen LogP contribution in [0.25, 0.3) is 0 Å². The number of hydrogen-bond donors (Lipinski definition) is 1. The lowest BCUT2D eigenvalue weighted by Gasteiger charge is -2.22. The van der Waals surface area contributed by atoms with E-state index in [0.717, 1.165) is 56.7 Å². The van der Waals surface area contributed by atoms with Crippen molar-refractivity contribution in [3.8, 4) is 0 Å². The number of nitrogens with zero attached hydrogens (tertiary/aromatic N) is 2. The van der Waals surface area contributed by atoms with Crippen molar-refractivity contribution in [2.24, 2.45) is 5.92 Å². The van der Waals surface area contributed by atoms with Gasteiger partial charge in [0.1, 0.15) is 0 Å². The van der Waals surface area contributed by atoms with Gasteiger partial charge in [-0.15, -0.1) is 0 Å². The molecule has 0 amide bonds. The van der Waals surface area contributed by atoms with Crippen LogP contribution in [0.2, 0.25) is 0 Å². The van der Waals surface area contributed by atoms with Gasteiger partial charge in [0.2, 0.25) is 0 Å². The molecule has 1 aliphatic rings. The molecular formula is C14H24N2O2. The highest BCUT2D eigenvalue weighted by atomic mass is 16.5. The van der Waals surface area contributed by atoms with E-state index < -0.39 is 0 Å². The fourth-order valence-corrected chi connectivity index (χ4v) is 2.78. The summed E-state index contributed by atoms with van der Waals surface area (Å²) in [4.78, 5) is 0. The lowest BCUT2D eigenvalue weighted by atomic mass is 10.0. The zero-order valence-corrected chi connectivity index (χ0v) is 11.5. The van der Waals surface area contributed by atoms with Gasteiger partial charge in [-0.1, -0.05) is 13.8 Å². The predicted octanol–water partition coefficient (Wildman–Crippen LogP) is 1.93. The molecule has 0 unspecified atom stereocenters. The van der Waals surface area contributed by atoms with Gasteiger partial charge in [0.15, 0.2) is 0 Å². The molecule has 1 saturated heterocycles. The van der Waals surface area contributed by atoms with Crippen molar-refractivity contribution in [1.82, 2.24) is 9.78 Å². The molecule has 0 aliphatic carbocycles. The zero-order chi connectivity index (χ0) is 13.0. The molecule has 4 nitrogen and oxygen atoms in total. The quantitative estimate of drug-likeness (QED) is 0.871. The van der Waals surface area contributed by atoms with Crippen LogP contribution >= 0.6 is 0 Å². The highest BCUT2D eigenvalue weighted by Crippen LogP contribution is 2.21. The minimum Gasteiger partial charge on any atom is -0.392 e. The number of hydrogen-bond acceptors (Lipinski definition) is 3. The highest BCUT2D eigenvalue weighted by molar-refractivity contribution is 5.26. The third kappa shape index (κ3) is 2.75. The van der Waals surface area contributed by atoms with Gasteiger partial charge in [-0.3, -0.25) is 4.68 Å². The van der Waals surface area contributed by atoms with Crippen molar-refractivity contribution >= 4 is 0 Å². The molecule has 0 saturated carbocycles. The Hall–Kier alpha value is -0.870. The molecule has 0 aromatic carbocycles. The lowest BCUT2D eigenvalue weighted by Crippen LogP contribution is -2.22. The molecule has 1 aromatic rings. The maximum Gasteiger partial charge on any atom is 0.0718 e. The molecule has 18 heavy (non-hydrogen) atoms. The SMILES string of the molecule is CCc1nn(CC2CCOCC2)c(CC)c1CO. The van der Waals surface area contributed by atoms with Gasteiger partial charge in [0.05, 0.1) is 12.3 Å². The van der Waals surface area contributed by atoms with Crippen LogP contribution in [0.3, 0.4) is 0 Å². The zero-order valence-electron chi connectivity index (χ0n) is 11.5. The fourth-order valence-electron chi connectivity index (χ4n) is 2.78. The molecule has 1 fully saturated rings. The largest absolute Gasteiger partial charge is 0.392 e. The van der Waals surface area contributed by atoms with Gasteiger partial charge in [-0.25, -0.2) is 0 Å². The summed E-state index contributed by atoms with van der Waals surface area (Å²) in [6.45, 7) is 7.07. The van der Waals surface area contributed by atoms with Gasteiger partial charge >= 0.3 is 0 Å². The first-order valence-electron chi connectivity index (χ1n) is 7.06. The van der Waals surface area contributed by atoms with E-state index in [-0.39, 0.29) is 6.61 Å². The second kappa shape index (κ2) is 6.34. The average molecular weight is 252 g/mol. The lowest BCUT2D eigenvalue weighted by molar-refractivity contribution is 0.0598. The van der Waals surface area contributed by atoms with E-state index in [1.165, 1.54) is 5.69 Å². The summed E-state index contributed by atoms with van der Waals surface area (Å²) in [5.41, 5.74) is 3.31. The number of ether oxygens (including phenoxy) is 1. The van der Waals surface area contributed by atoms with Crippen LogP contribution in [0.5, 0.6) is 0 Å². The molecule has 102 valence electrons. The third-order valence-electron chi connectivity index (χ3n) is 3.85. The molecule has 0 spiro atoms. The molecule has 1 N–H and O–H groups in total. The Morgan fingerprint density at radius 1 is 1.28 bits per heavy atom. The van der Waals surface area contributed by atoms with E-state index in [0.29, 0.717) is 5.92 Å². The summed E-state index contributed by atoms with van der Waals surface area (Å²) in [7, 11) is 0. The molecule has 4 heteroatoms. The number of aliphatic hydroxyl groups is 1. The molecule has 0 bridgehead atoms. The molecule has 0 radical (unpaired) electrons. The summed E-state index contributed by atoms with van der Waals surface area (Å²) >= 11 is 0. The average Bonchev–Trinajstić information content (AvgIpc) is 2.76. The first-order chi connectivity index (χ1) is 8.80. The minimum atomic E-state index is 0.111. The molecule has 2 rings (SSSR count). The van der Waals surface area contributed by atoms with Crippen molar-refractivity contribution < 1.29 is 9.84 Å². The molecule has 0 atom stereocenters. The Kier molecular flexibility index (Phi) is 4.78. The van der Waals surface area contributed by atoms with Crippen molar-refractivity contribution in [2.45, 2.75) is 52.7 Å². The summed E-state index contributed by atoms with van der Waals surface area (Å²) in [6, 6.07) is 0. The van der Waals surface area contributed by atoms with E-state index in [9.17, 15) is 5.11 Å². The maximum atomic E-state index is 9.51. The van der Waals surface area contributed by atoms with E-state index in [1.807, 2.05) is 0 Å². The summed E-state index contributed by atoms with van der Waals surface area (Å²) < 4.78 is 7.52. The Balaban J connectivity index is 2.17. The third-order valence-corrected chi connectivity index (χ3v) is 3.85. The number of aromatic nitrogens is 2. The van der Waals surface area contributed by atoms with E-state index in [4.69, 9.17) is 4.74 Å². The Morgan fingerprint density at radius 2 is 2.00 bits per heavy atom. The molecule has 2 heterocycles. The van der Waals surface area contributed by atoms with E-state index >= 15 is 0 Å².